The number of hydrogen-bond acceptors (Lipinski definition) is 3. The van der Waals surface area contributed by atoms with Crippen molar-refractivity contribution in [1.82, 2.24) is 5.32 Å². The number of ether oxygens (including phenoxy) is 1. The zero-order valence-electron chi connectivity index (χ0n) is 12.7. The predicted molar refractivity (Wildman–Crippen MR) is 81.1 cm³/mol. The van der Waals surface area contributed by atoms with E-state index < -0.39 is 0 Å². The molecule has 0 aliphatic rings. The Morgan fingerprint density at radius 3 is 2.32 bits per heavy atom. The molecule has 0 heterocycles. The lowest BCUT2D eigenvalue weighted by Gasteiger charge is -2.30. The van der Waals surface area contributed by atoms with Gasteiger partial charge in [-0.25, -0.2) is 0 Å². The van der Waals surface area contributed by atoms with Crippen LogP contribution in [0, 0.1) is 5.41 Å². The minimum atomic E-state index is -0.335. The van der Waals surface area contributed by atoms with Crippen molar-refractivity contribution >= 4 is 0 Å². The summed E-state index contributed by atoms with van der Waals surface area (Å²) in [6.07, 6.45) is 1.04. The van der Waals surface area contributed by atoms with Crippen LogP contribution in [0.25, 0.3) is 0 Å². The Morgan fingerprint density at radius 1 is 1.11 bits per heavy atom. The van der Waals surface area contributed by atoms with E-state index in [1.807, 2.05) is 18.2 Å². The van der Waals surface area contributed by atoms with Gasteiger partial charge in [0, 0.05) is 26.8 Å². The lowest BCUT2D eigenvalue weighted by Crippen LogP contribution is -2.45. The van der Waals surface area contributed by atoms with Crippen molar-refractivity contribution in [3.63, 3.8) is 0 Å². The van der Waals surface area contributed by atoms with Crippen molar-refractivity contribution in [3.05, 3.63) is 35.9 Å². The van der Waals surface area contributed by atoms with Gasteiger partial charge in [0.2, 0.25) is 0 Å². The summed E-state index contributed by atoms with van der Waals surface area (Å²) in [5.74, 6) is 0. The number of nitrogens with one attached hydrogen (secondary N) is 1. The SMILES string of the molecule is COCCC(C)(C)CNCC(C)(N)c1ccccc1. The third-order valence-electron chi connectivity index (χ3n) is 3.51. The van der Waals surface area contributed by atoms with Crippen molar-refractivity contribution in [1.29, 1.82) is 0 Å². The Balaban J connectivity index is 2.44. The molecule has 0 fully saturated rings. The van der Waals surface area contributed by atoms with Crippen molar-refractivity contribution in [3.8, 4) is 0 Å². The van der Waals surface area contributed by atoms with Crippen molar-refractivity contribution < 1.29 is 4.74 Å². The zero-order chi connectivity index (χ0) is 14.4. The summed E-state index contributed by atoms with van der Waals surface area (Å²) in [6.45, 7) is 9.07. The molecule has 1 rings (SSSR count). The molecule has 1 aromatic carbocycles. The molecule has 3 nitrogen and oxygen atoms in total. The first kappa shape index (κ1) is 16.2. The standard InChI is InChI=1S/C16H28N2O/c1-15(2,10-11-19-4)12-18-13-16(3,17)14-8-6-5-7-9-14/h5-9,18H,10-13,17H2,1-4H3. The van der Waals surface area contributed by atoms with Crippen LogP contribution in [0.3, 0.4) is 0 Å². The molecule has 0 saturated carbocycles. The van der Waals surface area contributed by atoms with Gasteiger partial charge < -0.3 is 15.8 Å². The van der Waals surface area contributed by atoms with Crippen LogP contribution >= 0.6 is 0 Å². The molecule has 3 heteroatoms. The maximum Gasteiger partial charge on any atom is 0.0507 e. The van der Waals surface area contributed by atoms with E-state index in [0.29, 0.717) is 0 Å². The van der Waals surface area contributed by atoms with Gasteiger partial charge in [-0.15, -0.1) is 0 Å². The van der Waals surface area contributed by atoms with Gasteiger partial charge in [0.05, 0.1) is 5.54 Å². The van der Waals surface area contributed by atoms with Gasteiger partial charge in [0.1, 0.15) is 0 Å². The lowest BCUT2D eigenvalue weighted by atomic mass is 9.88. The quantitative estimate of drug-likeness (QED) is 0.758. The molecule has 0 aromatic heterocycles. The largest absolute Gasteiger partial charge is 0.385 e. The van der Waals surface area contributed by atoms with Gasteiger partial charge in [-0.05, 0) is 24.3 Å². The Morgan fingerprint density at radius 2 is 1.74 bits per heavy atom. The van der Waals surface area contributed by atoms with Crippen LogP contribution in [-0.4, -0.2) is 26.8 Å². The maximum absolute atomic E-state index is 6.38. The fourth-order valence-electron chi connectivity index (χ4n) is 2.05. The molecule has 0 amide bonds. The topological polar surface area (TPSA) is 47.3 Å². The number of nitrogens with two attached hydrogens (primary N) is 1. The summed E-state index contributed by atoms with van der Waals surface area (Å²) in [7, 11) is 1.75. The Labute approximate surface area is 117 Å². The summed E-state index contributed by atoms with van der Waals surface area (Å²) in [5.41, 5.74) is 7.43. The van der Waals surface area contributed by atoms with E-state index in [9.17, 15) is 0 Å². The number of benzene rings is 1. The van der Waals surface area contributed by atoms with Crippen molar-refractivity contribution in [2.75, 3.05) is 26.8 Å². The number of rotatable bonds is 8. The highest BCUT2D eigenvalue weighted by Gasteiger charge is 2.23. The third-order valence-corrected chi connectivity index (χ3v) is 3.51. The van der Waals surface area contributed by atoms with Crippen LogP contribution < -0.4 is 11.1 Å². The molecule has 0 saturated heterocycles. The van der Waals surface area contributed by atoms with Gasteiger partial charge >= 0.3 is 0 Å². The molecule has 0 bridgehead atoms. The van der Waals surface area contributed by atoms with Crippen LogP contribution in [0.5, 0.6) is 0 Å². The fraction of sp³-hybridized carbons (Fsp3) is 0.625. The van der Waals surface area contributed by atoms with Gasteiger partial charge in [-0.3, -0.25) is 0 Å². The van der Waals surface area contributed by atoms with Crippen LogP contribution in [0.2, 0.25) is 0 Å². The molecular formula is C16H28N2O. The molecule has 0 radical (unpaired) electrons. The Hall–Kier alpha value is -0.900. The van der Waals surface area contributed by atoms with E-state index >= 15 is 0 Å². The van der Waals surface area contributed by atoms with E-state index in [4.69, 9.17) is 10.5 Å². The monoisotopic (exact) mass is 264 g/mol. The van der Waals surface area contributed by atoms with E-state index in [-0.39, 0.29) is 11.0 Å². The fourth-order valence-corrected chi connectivity index (χ4v) is 2.05. The number of hydrogen-bond donors (Lipinski definition) is 2. The highest BCUT2D eigenvalue weighted by Crippen LogP contribution is 2.20. The summed E-state index contributed by atoms with van der Waals surface area (Å²) in [6, 6.07) is 10.2. The molecular weight excluding hydrogens is 236 g/mol. The Kier molecular flexibility index (Phi) is 5.98. The smallest absolute Gasteiger partial charge is 0.0507 e. The molecule has 3 N–H and O–H groups in total. The minimum Gasteiger partial charge on any atom is -0.385 e. The van der Waals surface area contributed by atoms with Crippen molar-refractivity contribution in [2.24, 2.45) is 11.1 Å². The number of methoxy groups -OCH3 is 1. The second-order valence-corrected chi connectivity index (χ2v) is 6.29. The first-order valence-corrected chi connectivity index (χ1v) is 6.91. The van der Waals surface area contributed by atoms with Crippen molar-refractivity contribution in [2.45, 2.75) is 32.7 Å². The van der Waals surface area contributed by atoms with Gasteiger partial charge in [-0.1, -0.05) is 44.2 Å². The van der Waals surface area contributed by atoms with E-state index in [1.165, 1.54) is 0 Å². The summed E-state index contributed by atoms with van der Waals surface area (Å²) in [4.78, 5) is 0. The Bertz CT molecular complexity index is 360. The maximum atomic E-state index is 6.38. The van der Waals surface area contributed by atoms with E-state index in [1.54, 1.807) is 7.11 Å². The average molecular weight is 264 g/mol. The van der Waals surface area contributed by atoms with Gasteiger partial charge in [0.15, 0.2) is 0 Å². The van der Waals surface area contributed by atoms with Crippen LogP contribution in [0.15, 0.2) is 30.3 Å². The molecule has 0 aliphatic carbocycles. The highest BCUT2D eigenvalue weighted by atomic mass is 16.5. The molecule has 0 spiro atoms. The lowest BCUT2D eigenvalue weighted by molar-refractivity contribution is 0.150. The van der Waals surface area contributed by atoms with Gasteiger partial charge in [0.25, 0.3) is 0 Å². The summed E-state index contributed by atoms with van der Waals surface area (Å²) >= 11 is 0. The molecule has 1 aromatic rings. The highest BCUT2D eigenvalue weighted by molar-refractivity contribution is 5.23. The second kappa shape index (κ2) is 7.04. The van der Waals surface area contributed by atoms with E-state index in [2.05, 4.69) is 38.2 Å². The van der Waals surface area contributed by atoms with Gasteiger partial charge in [-0.2, -0.15) is 0 Å². The molecule has 19 heavy (non-hydrogen) atoms. The molecule has 0 aliphatic heterocycles. The summed E-state index contributed by atoms with van der Waals surface area (Å²) < 4.78 is 5.14. The third kappa shape index (κ3) is 5.72. The first-order valence-electron chi connectivity index (χ1n) is 6.91. The minimum absolute atomic E-state index is 0.225. The van der Waals surface area contributed by atoms with Crippen LogP contribution in [0.4, 0.5) is 0 Å². The molecule has 108 valence electrons. The molecule has 1 unspecified atom stereocenters. The summed E-state index contributed by atoms with van der Waals surface area (Å²) in [5, 5.41) is 3.49. The van der Waals surface area contributed by atoms with Crippen LogP contribution in [0.1, 0.15) is 32.8 Å². The van der Waals surface area contributed by atoms with E-state index in [0.717, 1.165) is 31.7 Å². The molecule has 1 atom stereocenters. The normalized spacial score (nSPS) is 15.2. The zero-order valence-corrected chi connectivity index (χ0v) is 12.7. The first-order chi connectivity index (χ1) is 8.87. The second-order valence-electron chi connectivity index (χ2n) is 6.29. The average Bonchev–Trinajstić information content (AvgIpc) is 2.37. The predicted octanol–water partition coefficient (Wildman–Crippen LogP) is 2.51. The van der Waals surface area contributed by atoms with Crippen LogP contribution in [-0.2, 0) is 10.3 Å².